The summed E-state index contributed by atoms with van der Waals surface area (Å²) in [5.74, 6) is -0.274. The number of halogens is 3. The van der Waals surface area contributed by atoms with E-state index in [0.717, 1.165) is 44.4 Å². The standard InChI is InChI=1S/C16H20F3NO2/c1-20(10-9-14-4-2-3-11-22-14)15(21)12-5-7-13(8-6-12)16(17,18)19/h5-8,14H,2-4,9-11H2,1H3. The van der Waals surface area contributed by atoms with Gasteiger partial charge in [0.2, 0.25) is 0 Å². The van der Waals surface area contributed by atoms with Crippen molar-refractivity contribution in [3.8, 4) is 0 Å². The third-order valence-corrected chi connectivity index (χ3v) is 3.87. The van der Waals surface area contributed by atoms with Crippen molar-refractivity contribution in [3.05, 3.63) is 35.4 Å². The van der Waals surface area contributed by atoms with Gasteiger partial charge in [-0.2, -0.15) is 13.2 Å². The number of carbonyl (C=O) groups excluding carboxylic acids is 1. The fourth-order valence-electron chi connectivity index (χ4n) is 2.50. The molecule has 1 atom stereocenters. The molecule has 1 aliphatic rings. The molecule has 3 nitrogen and oxygen atoms in total. The minimum Gasteiger partial charge on any atom is -0.378 e. The fraction of sp³-hybridized carbons (Fsp3) is 0.562. The summed E-state index contributed by atoms with van der Waals surface area (Å²) in [6, 6.07) is 4.31. The molecule has 6 heteroatoms. The Morgan fingerprint density at radius 2 is 1.95 bits per heavy atom. The molecule has 0 aliphatic carbocycles. The first-order chi connectivity index (χ1) is 10.4. The van der Waals surface area contributed by atoms with Crippen LogP contribution >= 0.6 is 0 Å². The Morgan fingerprint density at radius 3 is 2.50 bits per heavy atom. The Labute approximate surface area is 128 Å². The fourth-order valence-corrected chi connectivity index (χ4v) is 2.50. The maximum absolute atomic E-state index is 12.5. The highest BCUT2D eigenvalue weighted by atomic mass is 19.4. The van der Waals surface area contributed by atoms with E-state index in [9.17, 15) is 18.0 Å². The van der Waals surface area contributed by atoms with E-state index in [4.69, 9.17) is 4.74 Å². The third-order valence-electron chi connectivity index (χ3n) is 3.87. The number of rotatable bonds is 4. The monoisotopic (exact) mass is 315 g/mol. The lowest BCUT2D eigenvalue weighted by atomic mass is 10.1. The van der Waals surface area contributed by atoms with Crippen LogP contribution in [0.3, 0.4) is 0 Å². The summed E-state index contributed by atoms with van der Waals surface area (Å²) in [6.45, 7) is 1.30. The van der Waals surface area contributed by atoms with Gasteiger partial charge in [-0.3, -0.25) is 4.79 Å². The molecule has 1 saturated heterocycles. The minimum atomic E-state index is -4.38. The highest BCUT2D eigenvalue weighted by molar-refractivity contribution is 5.94. The van der Waals surface area contributed by atoms with E-state index in [1.165, 1.54) is 17.0 Å². The molecule has 1 aliphatic heterocycles. The van der Waals surface area contributed by atoms with Gasteiger partial charge in [-0.25, -0.2) is 0 Å². The van der Waals surface area contributed by atoms with Crippen molar-refractivity contribution in [2.75, 3.05) is 20.2 Å². The molecule has 1 heterocycles. The number of benzene rings is 1. The summed E-state index contributed by atoms with van der Waals surface area (Å²) in [4.78, 5) is 13.7. The largest absolute Gasteiger partial charge is 0.416 e. The Bertz CT molecular complexity index is 493. The number of carbonyl (C=O) groups is 1. The van der Waals surface area contributed by atoms with Crippen LogP contribution in [0.4, 0.5) is 13.2 Å². The number of ether oxygens (including phenoxy) is 1. The van der Waals surface area contributed by atoms with E-state index in [0.29, 0.717) is 6.54 Å². The summed E-state index contributed by atoms with van der Waals surface area (Å²) >= 11 is 0. The van der Waals surface area contributed by atoms with E-state index in [1.54, 1.807) is 7.05 Å². The molecular formula is C16H20F3NO2. The first-order valence-corrected chi connectivity index (χ1v) is 7.42. The Kier molecular flexibility index (Phi) is 5.45. The predicted octanol–water partition coefficient (Wildman–Crippen LogP) is 3.74. The molecular weight excluding hydrogens is 295 g/mol. The van der Waals surface area contributed by atoms with Gasteiger partial charge in [-0.15, -0.1) is 0 Å². The quantitative estimate of drug-likeness (QED) is 0.847. The third kappa shape index (κ3) is 4.47. The first-order valence-electron chi connectivity index (χ1n) is 7.42. The topological polar surface area (TPSA) is 29.5 Å². The van der Waals surface area contributed by atoms with Crippen LogP contribution in [0.1, 0.15) is 41.6 Å². The summed E-state index contributed by atoms with van der Waals surface area (Å²) in [5.41, 5.74) is -0.484. The second-order valence-electron chi connectivity index (χ2n) is 5.58. The maximum Gasteiger partial charge on any atom is 0.416 e. The zero-order chi connectivity index (χ0) is 16.2. The smallest absolute Gasteiger partial charge is 0.378 e. The van der Waals surface area contributed by atoms with Gasteiger partial charge in [0.25, 0.3) is 5.91 Å². The van der Waals surface area contributed by atoms with Crippen LogP contribution in [0.15, 0.2) is 24.3 Å². The number of alkyl halides is 3. The second kappa shape index (κ2) is 7.13. The van der Waals surface area contributed by atoms with Crippen LogP contribution in [-0.2, 0) is 10.9 Å². The Morgan fingerprint density at radius 1 is 1.27 bits per heavy atom. The number of hydrogen-bond acceptors (Lipinski definition) is 2. The number of nitrogens with zero attached hydrogens (tertiary/aromatic N) is 1. The maximum atomic E-state index is 12.5. The summed E-state index contributed by atoms with van der Waals surface area (Å²) < 4.78 is 43.1. The molecule has 1 unspecified atom stereocenters. The van der Waals surface area contributed by atoms with Crippen LogP contribution in [0.5, 0.6) is 0 Å². The molecule has 1 fully saturated rings. The molecule has 122 valence electrons. The van der Waals surface area contributed by atoms with E-state index in [1.807, 2.05) is 0 Å². The van der Waals surface area contributed by atoms with Gasteiger partial charge in [0, 0.05) is 25.8 Å². The molecule has 0 spiro atoms. The van der Waals surface area contributed by atoms with Crippen molar-refractivity contribution in [2.24, 2.45) is 0 Å². The van der Waals surface area contributed by atoms with Gasteiger partial charge < -0.3 is 9.64 Å². The highest BCUT2D eigenvalue weighted by Crippen LogP contribution is 2.29. The van der Waals surface area contributed by atoms with Gasteiger partial charge in [0.05, 0.1) is 11.7 Å². The van der Waals surface area contributed by atoms with E-state index < -0.39 is 11.7 Å². The molecule has 0 N–H and O–H groups in total. The van der Waals surface area contributed by atoms with Crippen LogP contribution in [0, 0.1) is 0 Å². The normalized spacial score (nSPS) is 19.0. The molecule has 1 amide bonds. The van der Waals surface area contributed by atoms with Crippen LogP contribution in [-0.4, -0.2) is 37.1 Å². The van der Waals surface area contributed by atoms with Gasteiger partial charge in [-0.05, 0) is 49.9 Å². The van der Waals surface area contributed by atoms with Crippen molar-refractivity contribution in [1.29, 1.82) is 0 Å². The number of amides is 1. The van der Waals surface area contributed by atoms with Crippen LogP contribution in [0.25, 0.3) is 0 Å². The number of hydrogen-bond donors (Lipinski definition) is 0. The molecule has 0 saturated carbocycles. The summed E-state index contributed by atoms with van der Waals surface area (Å²) in [6.07, 6.45) is -0.230. The lowest BCUT2D eigenvalue weighted by molar-refractivity contribution is -0.137. The van der Waals surface area contributed by atoms with E-state index in [2.05, 4.69) is 0 Å². The van der Waals surface area contributed by atoms with Gasteiger partial charge >= 0.3 is 6.18 Å². The SMILES string of the molecule is CN(CCC1CCCCO1)C(=O)c1ccc(C(F)(F)F)cc1. The van der Waals surface area contributed by atoms with Crippen LogP contribution in [0.2, 0.25) is 0 Å². The first kappa shape index (κ1) is 16.8. The lowest BCUT2D eigenvalue weighted by Gasteiger charge is -2.25. The Hall–Kier alpha value is -1.56. The van der Waals surface area contributed by atoms with Crippen molar-refractivity contribution >= 4 is 5.91 Å². The van der Waals surface area contributed by atoms with Gasteiger partial charge in [0.15, 0.2) is 0 Å². The van der Waals surface area contributed by atoms with Crippen molar-refractivity contribution in [3.63, 3.8) is 0 Å². The molecule has 0 radical (unpaired) electrons. The molecule has 2 rings (SSSR count). The highest BCUT2D eigenvalue weighted by Gasteiger charge is 2.30. The van der Waals surface area contributed by atoms with Gasteiger partial charge in [0.1, 0.15) is 0 Å². The average Bonchev–Trinajstić information content (AvgIpc) is 2.52. The summed E-state index contributed by atoms with van der Waals surface area (Å²) in [7, 11) is 1.66. The zero-order valence-corrected chi connectivity index (χ0v) is 12.5. The molecule has 1 aromatic carbocycles. The van der Waals surface area contributed by atoms with Crippen molar-refractivity contribution in [2.45, 2.75) is 38.0 Å². The minimum absolute atomic E-state index is 0.177. The van der Waals surface area contributed by atoms with Crippen molar-refractivity contribution in [1.82, 2.24) is 4.90 Å². The molecule has 22 heavy (non-hydrogen) atoms. The zero-order valence-electron chi connectivity index (χ0n) is 12.5. The van der Waals surface area contributed by atoms with Gasteiger partial charge in [-0.1, -0.05) is 0 Å². The van der Waals surface area contributed by atoms with E-state index >= 15 is 0 Å². The second-order valence-corrected chi connectivity index (χ2v) is 5.58. The van der Waals surface area contributed by atoms with Crippen LogP contribution < -0.4 is 0 Å². The molecule has 1 aromatic rings. The van der Waals surface area contributed by atoms with E-state index in [-0.39, 0.29) is 17.6 Å². The average molecular weight is 315 g/mol. The lowest BCUT2D eigenvalue weighted by Crippen LogP contribution is -2.31. The predicted molar refractivity (Wildman–Crippen MR) is 76.6 cm³/mol. The Balaban J connectivity index is 1.89. The molecule has 0 bridgehead atoms. The molecule has 0 aromatic heterocycles. The summed E-state index contributed by atoms with van der Waals surface area (Å²) in [5, 5.41) is 0. The van der Waals surface area contributed by atoms with Crippen molar-refractivity contribution < 1.29 is 22.7 Å².